The molecule has 4 aliphatic heterocycles. The number of anilines is 1. The smallest absolute Gasteiger partial charge is 0.333 e. The molecule has 402 valence electrons. The molecule has 1 atom stereocenters. The zero-order valence-corrected chi connectivity index (χ0v) is 44.5. The van der Waals surface area contributed by atoms with Gasteiger partial charge < -0.3 is 25.7 Å². The Hall–Kier alpha value is -5.71. The minimum atomic E-state index is -4.44. The Labute approximate surface area is 438 Å². The van der Waals surface area contributed by atoms with E-state index in [-0.39, 0.29) is 48.3 Å². The summed E-state index contributed by atoms with van der Waals surface area (Å²) in [7, 11) is -4.44. The largest absolute Gasteiger partial charge is 0.356 e. The standard InChI is InChI=1S/C53H70N6O13S2/c1-52(2)39-35-37(73-72-71-66)25-27-42(39)57-33-18-8-12-23-47(61)56-41(51(65)55-32-15-6-13-24-50(64)70-59-48(62)29-30-49(59)63)19-14-16-31-54-46(60)22-11-7-17-34-58-43-28-26-38(74(67,68)69)36-40(43)53(3,4)45(58)21-10-5-9-20-44(52)57/h5,9-10,20-21,25-28,35-36,41H,6-8,11-19,22-24,29-34H2,1-4H3,(H4-,54,55,56,60,61,65,66,67,68,69)/p+1. The Morgan fingerprint density at radius 2 is 1.57 bits per heavy atom. The van der Waals surface area contributed by atoms with Crippen LogP contribution in [-0.2, 0) is 63.9 Å². The molecule has 0 aromatic heterocycles. The van der Waals surface area contributed by atoms with Gasteiger partial charge in [0.25, 0.3) is 21.9 Å². The number of rotatable bonds is 12. The SMILES string of the molecule is CC1(C)C2=[N+](CCCCCC(=O)NC(C(=O)NCCCCCC(=O)ON3C(=O)CCC3=O)CCCCNC(=O)CCCCCN3/C(=C/C=C/C=C2)C(C)(C)c2cc(S(=O)(=O)O)ccc23)c2ccc(SOOO)cc21. The van der Waals surface area contributed by atoms with Gasteiger partial charge in [0, 0.05) is 97.6 Å². The minimum absolute atomic E-state index is 0.00756. The van der Waals surface area contributed by atoms with Gasteiger partial charge in [-0.25, -0.2) is 10.1 Å². The molecule has 74 heavy (non-hydrogen) atoms. The van der Waals surface area contributed by atoms with E-state index in [0.29, 0.717) is 89.0 Å². The van der Waals surface area contributed by atoms with Crippen LogP contribution in [0.1, 0.15) is 148 Å². The van der Waals surface area contributed by atoms with E-state index >= 15 is 0 Å². The van der Waals surface area contributed by atoms with Crippen molar-refractivity contribution in [3.63, 3.8) is 0 Å². The lowest BCUT2D eigenvalue weighted by molar-refractivity contribution is -0.438. The molecular formula is C53H71N6O13S2+. The number of fused-ring (bicyclic) bond motifs is 5. The second kappa shape index (κ2) is 26.7. The first-order chi connectivity index (χ1) is 35.3. The van der Waals surface area contributed by atoms with Crippen LogP contribution in [0.5, 0.6) is 0 Å². The highest BCUT2D eigenvalue weighted by molar-refractivity contribution is 7.94. The average Bonchev–Trinajstić information content (AvgIpc) is 3.86. The van der Waals surface area contributed by atoms with Crippen molar-refractivity contribution in [3.8, 4) is 0 Å². The number of hydrogen-bond acceptors (Lipinski definition) is 14. The third-order valence-electron chi connectivity index (χ3n) is 13.9. The number of hydroxylamine groups is 2. The number of nitrogens with one attached hydrogen (secondary N) is 3. The van der Waals surface area contributed by atoms with Crippen molar-refractivity contribution < 1.29 is 65.8 Å². The van der Waals surface area contributed by atoms with E-state index in [0.717, 1.165) is 76.5 Å². The fraction of sp³-hybridized carbons (Fsp3) is 0.528. The number of nitrogens with zero attached hydrogens (tertiary/aromatic N) is 3. The lowest BCUT2D eigenvalue weighted by Crippen LogP contribution is -2.47. The molecule has 0 saturated carbocycles. The van der Waals surface area contributed by atoms with E-state index in [9.17, 15) is 41.7 Å². The number of carbonyl (C=O) groups excluding carboxylic acids is 6. The van der Waals surface area contributed by atoms with E-state index in [4.69, 9.17) is 14.4 Å². The van der Waals surface area contributed by atoms with Crippen LogP contribution in [0.3, 0.4) is 0 Å². The summed E-state index contributed by atoms with van der Waals surface area (Å²) in [5, 5.41) is 22.1. The third kappa shape index (κ3) is 15.2. The van der Waals surface area contributed by atoms with Crippen LogP contribution in [0.2, 0.25) is 0 Å². The number of carbonyl (C=O) groups is 6. The molecule has 6 rings (SSSR count). The lowest BCUT2D eigenvalue weighted by Gasteiger charge is -2.27. The molecule has 4 heterocycles. The topological polar surface area (TPSA) is 250 Å². The van der Waals surface area contributed by atoms with Gasteiger partial charge in [0.2, 0.25) is 23.4 Å². The molecule has 2 aromatic carbocycles. The van der Waals surface area contributed by atoms with Crippen molar-refractivity contribution in [2.45, 2.75) is 164 Å². The van der Waals surface area contributed by atoms with Crippen LogP contribution in [0.25, 0.3) is 0 Å². The molecule has 0 spiro atoms. The second-order valence-corrected chi connectivity index (χ2v) is 22.2. The van der Waals surface area contributed by atoms with Crippen molar-refractivity contribution in [1.82, 2.24) is 21.0 Å². The van der Waals surface area contributed by atoms with Crippen LogP contribution in [0.4, 0.5) is 11.4 Å². The highest BCUT2D eigenvalue weighted by Crippen LogP contribution is 2.49. The quantitative estimate of drug-likeness (QED) is 0.0260. The minimum Gasteiger partial charge on any atom is -0.356 e. The summed E-state index contributed by atoms with van der Waals surface area (Å²) in [6, 6.07) is 9.82. The molecule has 0 radical (unpaired) electrons. The van der Waals surface area contributed by atoms with E-state index < -0.39 is 44.8 Å². The van der Waals surface area contributed by atoms with E-state index in [2.05, 4.69) is 50.4 Å². The fourth-order valence-corrected chi connectivity index (χ4v) is 10.8. The summed E-state index contributed by atoms with van der Waals surface area (Å²) in [5.41, 5.74) is 4.63. The molecule has 2 aromatic rings. The maximum absolute atomic E-state index is 13.5. The van der Waals surface area contributed by atoms with Crippen molar-refractivity contribution in [3.05, 3.63) is 83.6 Å². The molecule has 0 bridgehead atoms. The summed E-state index contributed by atoms with van der Waals surface area (Å²) in [6.07, 6.45) is 18.0. The van der Waals surface area contributed by atoms with Gasteiger partial charge in [-0.3, -0.25) is 28.5 Å². The van der Waals surface area contributed by atoms with Gasteiger partial charge in [-0.2, -0.15) is 13.0 Å². The van der Waals surface area contributed by atoms with Gasteiger partial charge in [-0.15, -0.1) is 9.40 Å². The van der Waals surface area contributed by atoms with Crippen LogP contribution >= 0.6 is 12.0 Å². The summed E-state index contributed by atoms with van der Waals surface area (Å²) >= 11 is 0.891. The van der Waals surface area contributed by atoms with Crippen LogP contribution in [0.15, 0.2) is 82.3 Å². The first-order valence-electron chi connectivity index (χ1n) is 25.6. The van der Waals surface area contributed by atoms with Gasteiger partial charge in [-0.05, 0) is 114 Å². The number of unbranched alkanes of at least 4 members (excludes halogenated alkanes) is 2. The number of hydrogen-bond donors (Lipinski definition) is 5. The number of imide groups is 1. The molecule has 1 fully saturated rings. The van der Waals surface area contributed by atoms with Gasteiger partial charge >= 0.3 is 5.97 Å². The second-order valence-electron chi connectivity index (χ2n) is 20.0. The molecule has 5 amide bonds. The molecule has 5 N–H and O–H groups in total. The fourth-order valence-electron chi connectivity index (χ4n) is 9.92. The van der Waals surface area contributed by atoms with Gasteiger partial charge in [0.05, 0.1) is 22.4 Å². The Balaban J connectivity index is 1.15. The number of benzene rings is 2. The molecule has 0 aliphatic carbocycles. The summed E-state index contributed by atoms with van der Waals surface area (Å²) in [4.78, 5) is 83.1. The lowest BCUT2D eigenvalue weighted by atomic mass is 9.81. The van der Waals surface area contributed by atoms with Crippen molar-refractivity contribution in [2.75, 3.05) is 31.1 Å². The van der Waals surface area contributed by atoms with Crippen molar-refractivity contribution >= 4 is 74.8 Å². The predicted molar refractivity (Wildman–Crippen MR) is 277 cm³/mol. The first-order valence-corrected chi connectivity index (χ1v) is 27.8. The Bertz CT molecular complexity index is 2630. The normalized spacial score (nSPS) is 21.5. The van der Waals surface area contributed by atoms with Crippen molar-refractivity contribution in [1.29, 1.82) is 0 Å². The highest BCUT2D eigenvalue weighted by Gasteiger charge is 2.45. The third-order valence-corrected chi connectivity index (χ3v) is 15.4. The monoisotopic (exact) mass is 1060 g/mol. The zero-order valence-electron chi connectivity index (χ0n) is 42.8. The van der Waals surface area contributed by atoms with Gasteiger partial charge in [0.1, 0.15) is 12.6 Å². The molecular weight excluding hydrogens is 993 g/mol. The van der Waals surface area contributed by atoms with Gasteiger partial charge in [0.15, 0.2) is 5.71 Å². The van der Waals surface area contributed by atoms with E-state index in [1.165, 1.54) is 6.07 Å². The highest BCUT2D eigenvalue weighted by atomic mass is 32.2. The Morgan fingerprint density at radius 3 is 2.31 bits per heavy atom. The Morgan fingerprint density at radius 1 is 0.824 bits per heavy atom. The zero-order chi connectivity index (χ0) is 53.5. The first kappa shape index (κ1) is 57.6. The van der Waals surface area contributed by atoms with Crippen LogP contribution in [0, 0.1) is 0 Å². The van der Waals surface area contributed by atoms with E-state index in [1.54, 1.807) is 12.1 Å². The average molecular weight is 1060 g/mol. The predicted octanol–water partition coefficient (Wildman–Crippen LogP) is 7.72. The summed E-state index contributed by atoms with van der Waals surface area (Å²) < 4.78 is 41.4. The van der Waals surface area contributed by atoms with Crippen LogP contribution < -0.4 is 20.9 Å². The van der Waals surface area contributed by atoms with Crippen LogP contribution in [-0.4, -0.2) is 101 Å². The maximum atomic E-state index is 13.5. The number of allylic oxidation sites excluding steroid dienone is 6. The molecule has 19 nitrogen and oxygen atoms in total. The summed E-state index contributed by atoms with van der Waals surface area (Å²) in [6.45, 7) is 10.3. The van der Waals surface area contributed by atoms with Crippen molar-refractivity contribution in [2.24, 2.45) is 0 Å². The Kier molecular flexibility index (Phi) is 20.7. The molecule has 4 aliphatic rings. The molecule has 1 saturated heterocycles. The molecule has 21 heteroatoms. The maximum Gasteiger partial charge on any atom is 0.333 e. The number of amides is 5. The van der Waals surface area contributed by atoms with E-state index in [1.807, 2.05) is 56.4 Å². The molecule has 1 unspecified atom stereocenters. The summed E-state index contributed by atoms with van der Waals surface area (Å²) in [5.74, 6) is -2.38. The van der Waals surface area contributed by atoms with Gasteiger partial charge in [-0.1, -0.05) is 50.0 Å².